The second-order valence-corrected chi connectivity index (χ2v) is 8.84. The molecule has 6 nitrogen and oxygen atoms in total. The summed E-state index contributed by atoms with van der Waals surface area (Å²) in [6.07, 6.45) is 3.45. The standard InChI is InChI=1S/C19H31N3O3S/c1-5-22(6-2)26(24,25)18-13-17(11-10-15(18)3)20-19(23)14-21-12-8-7-9-16(21)4/h10-11,13,16H,5-9,12,14H2,1-4H3,(H,20,23)/t16-/m1/s1. The van der Waals surface area contributed by atoms with Gasteiger partial charge in [0.05, 0.1) is 11.4 Å². The minimum absolute atomic E-state index is 0.103. The Morgan fingerprint density at radius 2 is 1.96 bits per heavy atom. The third-order valence-corrected chi connectivity index (χ3v) is 7.27. The van der Waals surface area contributed by atoms with Crippen LogP contribution in [0.15, 0.2) is 23.1 Å². The van der Waals surface area contributed by atoms with Gasteiger partial charge in [-0.25, -0.2) is 8.42 Å². The van der Waals surface area contributed by atoms with E-state index in [-0.39, 0.29) is 10.8 Å². The fraction of sp³-hybridized carbons (Fsp3) is 0.632. The van der Waals surface area contributed by atoms with E-state index < -0.39 is 10.0 Å². The Labute approximate surface area is 157 Å². The van der Waals surface area contributed by atoms with Crippen LogP contribution in [-0.2, 0) is 14.8 Å². The largest absolute Gasteiger partial charge is 0.325 e. The molecule has 1 N–H and O–H groups in total. The zero-order valence-electron chi connectivity index (χ0n) is 16.3. The second-order valence-electron chi connectivity index (χ2n) is 6.93. The average Bonchev–Trinajstić information content (AvgIpc) is 2.59. The number of rotatable bonds is 7. The molecule has 0 aromatic heterocycles. The van der Waals surface area contributed by atoms with Crippen molar-refractivity contribution in [3.8, 4) is 0 Å². The number of piperidine rings is 1. The summed E-state index contributed by atoms with van der Waals surface area (Å²) in [4.78, 5) is 14.8. The van der Waals surface area contributed by atoms with Crippen molar-refractivity contribution >= 4 is 21.6 Å². The molecular formula is C19H31N3O3S. The molecule has 7 heteroatoms. The van der Waals surface area contributed by atoms with Gasteiger partial charge in [-0.1, -0.05) is 26.3 Å². The van der Waals surface area contributed by atoms with E-state index in [1.807, 2.05) is 13.8 Å². The summed E-state index contributed by atoms with van der Waals surface area (Å²) in [5.74, 6) is -0.103. The first-order valence-electron chi connectivity index (χ1n) is 9.44. The van der Waals surface area contributed by atoms with Crippen molar-refractivity contribution in [3.63, 3.8) is 0 Å². The van der Waals surface area contributed by atoms with E-state index in [9.17, 15) is 13.2 Å². The fourth-order valence-electron chi connectivity index (χ4n) is 3.44. The lowest BCUT2D eigenvalue weighted by Gasteiger charge is -2.32. The van der Waals surface area contributed by atoms with Gasteiger partial charge in [0.2, 0.25) is 15.9 Å². The second kappa shape index (κ2) is 8.97. The number of benzene rings is 1. The van der Waals surface area contributed by atoms with Gasteiger partial charge in [-0.05, 0) is 50.9 Å². The molecule has 0 spiro atoms. The molecule has 1 aliphatic heterocycles. The highest BCUT2D eigenvalue weighted by Gasteiger charge is 2.25. The summed E-state index contributed by atoms with van der Waals surface area (Å²) < 4.78 is 27.1. The Bertz CT molecular complexity index is 730. The van der Waals surface area contributed by atoms with Crippen LogP contribution < -0.4 is 5.32 Å². The molecule has 1 aromatic rings. The highest BCUT2D eigenvalue weighted by molar-refractivity contribution is 7.89. The predicted octanol–water partition coefficient (Wildman–Crippen LogP) is 2.84. The van der Waals surface area contributed by atoms with Gasteiger partial charge < -0.3 is 5.32 Å². The Kier molecular flexibility index (Phi) is 7.20. The summed E-state index contributed by atoms with van der Waals surface area (Å²) in [6.45, 7) is 9.68. The van der Waals surface area contributed by atoms with Gasteiger partial charge in [-0.3, -0.25) is 9.69 Å². The molecule has 146 valence electrons. The monoisotopic (exact) mass is 381 g/mol. The molecule has 2 rings (SSSR count). The van der Waals surface area contributed by atoms with Crippen molar-refractivity contribution in [1.82, 2.24) is 9.21 Å². The van der Waals surface area contributed by atoms with Gasteiger partial charge in [0, 0.05) is 24.8 Å². The number of aryl methyl sites for hydroxylation is 1. The number of nitrogens with one attached hydrogen (secondary N) is 1. The smallest absolute Gasteiger partial charge is 0.243 e. The van der Waals surface area contributed by atoms with Gasteiger partial charge in [-0.2, -0.15) is 4.31 Å². The number of amides is 1. The summed E-state index contributed by atoms with van der Waals surface area (Å²) in [5, 5.41) is 2.86. The van der Waals surface area contributed by atoms with Crippen LogP contribution in [0.5, 0.6) is 0 Å². The van der Waals surface area contributed by atoms with Gasteiger partial charge in [0.1, 0.15) is 0 Å². The van der Waals surface area contributed by atoms with Crippen LogP contribution in [0.4, 0.5) is 5.69 Å². The molecule has 1 fully saturated rings. The van der Waals surface area contributed by atoms with Gasteiger partial charge in [-0.15, -0.1) is 0 Å². The maximum atomic E-state index is 12.8. The Morgan fingerprint density at radius 1 is 1.27 bits per heavy atom. The maximum absolute atomic E-state index is 12.8. The van der Waals surface area contributed by atoms with Crippen LogP contribution >= 0.6 is 0 Å². The van der Waals surface area contributed by atoms with E-state index in [1.54, 1.807) is 25.1 Å². The fourth-order valence-corrected chi connectivity index (χ4v) is 5.14. The number of carbonyl (C=O) groups is 1. The number of sulfonamides is 1. The number of nitrogens with zero attached hydrogens (tertiary/aromatic N) is 2. The molecular weight excluding hydrogens is 350 g/mol. The van der Waals surface area contributed by atoms with Crippen LogP contribution in [0.3, 0.4) is 0 Å². The quantitative estimate of drug-likeness (QED) is 0.788. The van der Waals surface area contributed by atoms with E-state index in [1.165, 1.54) is 10.7 Å². The van der Waals surface area contributed by atoms with E-state index in [2.05, 4.69) is 17.1 Å². The van der Waals surface area contributed by atoms with Crippen LogP contribution in [0.1, 0.15) is 45.6 Å². The van der Waals surface area contributed by atoms with Crippen LogP contribution in [0.25, 0.3) is 0 Å². The molecule has 0 unspecified atom stereocenters. The molecule has 26 heavy (non-hydrogen) atoms. The molecule has 0 saturated carbocycles. The molecule has 1 aromatic carbocycles. The number of hydrogen-bond acceptors (Lipinski definition) is 4. The Morgan fingerprint density at radius 3 is 2.58 bits per heavy atom. The van der Waals surface area contributed by atoms with Gasteiger partial charge in [0.15, 0.2) is 0 Å². The molecule has 0 bridgehead atoms. The normalized spacial score (nSPS) is 18.9. The topological polar surface area (TPSA) is 69.7 Å². The SMILES string of the molecule is CCN(CC)S(=O)(=O)c1cc(NC(=O)CN2CCCC[C@H]2C)ccc1C. The van der Waals surface area contributed by atoms with E-state index in [0.717, 1.165) is 19.4 Å². The lowest BCUT2D eigenvalue weighted by molar-refractivity contribution is -0.118. The van der Waals surface area contributed by atoms with Crippen LogP contribution in [-0.4, -0.2) is 55.8 Å². The van der Waals surface area contributed by atoms with Crippen LogP contribution in [0, 0.1) is 6.92 Å². The Hall–Kier alpha value is -1.44. The highest BCUT2D eigenvalue weighted by Crippen LogP contribution is 2.24. The van der Waals surface area contributed by atoms with Crippen molar-refractivity contribution < 1.29 is 13.2 Å². The number of anilines is 1. The van der Waals surface area contributed by atoms with Crippen molar-refractivity contribution in [2.75, 3.05) is 31.5 Å². The first-order valence-corrected chi connectivity index (χ1v) is 10.9. The van der Waals surface area contributed by atoms with E-state index in [0.29, 0.717) is 36.9 Å². The maximum Gasteiger partial charge on any atom is 0.243 e. The summed E-state index contributed by atoms with van der Waals surface area (Å²) in [7, 11) is -3.55. The third-order valence-electron chi connectivity index (χ3n) is 5.08. The molecule has 0 aliphatic carbocycles. The lowest BCUT2D eigenvalue weighted by Crippen LogP contribution is -2.42. The third kappa shape index (κ3) is 4.84. The number of likely N-dealkylation sites (tertiary alicyclic amines) is 1. The molecule has 1 atom stereocenters. The predicted molar refractivity (Wildman–Crippen MR) is 105 cm³/mol. The molecule has 1 saturated heterocycles. The zero-order valence-corrected chi connectivity index (χ0v) is 17.1. The van der Waals surface area contributed by atoms with Crippen molar-refractivity contribution in [3.05, 3.63) is 23.8 Å². The summed E-state index contributed by atoms with van der Waals surface area (Å²) >= 11 is 0. The molecule has 0 radical (unpaired) electrons. The van der Waals surface area contributed by atoms with Gasteiger partial charge >= 0.3 is 0 Å². The molecule has 1 heterocycles. The lowest BCUT2D eigenvalue weighted by atomic mass is 10.0. The van der Waals surface area contributed by atoms with Gasteiger partial charge in [0.25, 0.3) is 0 Å². The zero-order chi connectivity index (χ0) is 19.3. The number of hydrogen-bond donors (Lipinski definition) is 1. The summed E-state index contributed by atoms with van der Waals surface area (Å²) in [6, 6.07) is 5.48. The first kappa shape index (κ1) is 20.9. The van der Waals surface area contributed by atoms with E-state index in [4.69, 9.17) is 0 Å². The van der Waals surface area contributed by atoms with Crippen molar-refractivity contribution in [2.45, 2.75) is 57.9 Å². The molecule has 1 aliphatic rings. The minimum atomic E-state index is -3.55. The van der Waals surface area contributed by atoms with Crippen LogP contribution in [0.2, 0.25) is 0 Å². The van der Waals surface area contributed by atoms with E-state index >= 15 is 0 Å². The summed E-state index contributed by atoms with van der Waals surface area (Å²) in [5.41, 5.74) is 1.20. The minimum Gasteiger partial charge on any atom is -0.325 e. The highest BCUT2D eigenvalue weighted by atomic mass is 32.2. The van der Waals surface area contributed by atoms with Crippen molar-refractivity contribution in [1.29, 1.82) is 0 Å². The van der Waals surface area contributed by atoms with Crippen molar-refractivity contribution in [2.24, 2.45) is 0 Å². The average molecular weight is 382 g/mol. The first-order chi connectivity index (χ1) is 12.3. The Balaban J connectivity index is 2.15. The molecule has 1 amide bonds. The number of carbonyl (C=O) groups excluding carboxylic acids is 1.